The molecule has 82 valence electrons. The highest BCUT2D eigenvalue weighted by atomic mass is 32.1. The highest BCUT2D eigenvalue weighted by Crippen LogP contribution is 2.44. The molecule has 2 saturated carbocycles. The number of hydrogen-bond donors (Lipinski definition) is 1. The van der Waals surface area contributed by atoms with Gasteiger partial charge in [-0.25, -0.2) is 0 Å². The van der Waals surface area contributed by atoms with E-state index in [1.807, 2.05) is 11.3 Å². The van der Waals surface area contributed by atoms with Crippen LogP contribution >= 0.6 is 11.3 Å². The van der Waals surface area contributed by atoms with Gasteiger partial charge in [-0.3, -0.25) is 0 Å². The molecule has 2 heteroatoms. The van der Waals surface area contributed by atoms with E-state index in [-0.39, 0.29) is 0 Å². The van der Waals surface area contributed by atoms with Crippen LogP contribution in [0.1, 0.15) is 36.1 Å². The van der Waals surface area contributed by atoms with E-state index in [1.165, 1.54) is 36.1 Å². The fourth-order valence-corrected chi connectivity index (χ4v) is 3.28. The number of hydrogen-bond acceptors (Lipinski definition) is 2. The van der Waals surface area contributed by atoms with Crippen LogP contribution in [-0.4, -0.2) is 6.04 Å². The number of rotatable bonds is 5. The van der Waals surface area contributed by atoms with Gasteiger partial charge in [-0.2, -0.15) is 0 Å². The van der Waals surface area contributed by atoms with Gasteiger partial charge in [0.1, 0.15) is 0 Å². The molecule has 0 atom stereocenters. The fourth-order valence-electron chi connectivity index (χ4n) is 2.42. The number of thiophene rings is 1. The Bertz CT molecular complexity index is 324. The predicted molar refractivity (Wildman–Crippen MR) is 65.1 cm³/mol. The van der Waals surface area contributed by atoms with Crippen LogP contribution in [0.2, 0.25) is 0 Å². The third kappa shape index (κ3) is 2.26. The first-order valence-corrected chi connectivity index (χ1v) is 6.99. The minimum Gasteiger partial charge on any atom is -0.309 e. The van der Waals surface area contributed by atoms with Gasteiger partial charge in [0.25, 0.3) is 0 Å². The summed E-state index contributed by atoms with van der Waals surface area (Å²) in [5.74, 6) is 2.02. The van der Waals surface area contributed by atoms with Crippen molar-refractivity contribution in [3.05, 3.63) is 21.9 Å². The summed E-state index contributed by atoms with van der Waals surface area (Å²) in [5.41, 5.74) is 1.46. The van der Waals surface area contributed by atoms with E-state index in [9.17, 15) is 0 Å². The molecular weight excluding hydrogens is 202 g/mol. The molecule has 1 heterocycles. The SMILES string of the molecule is Cc1ccsc1CNC(C1CC1)C1CC1. The van der Waals surface area contributed by atoms with Crippen LogP contribution in [0.15, 0.2) is 11.4 Å². The lowest BCUT2D eigenvalue weighted by Crippen LogP contribution is -2.32. The Morgan fingerprint density at radius 3 is 2.47 bits per heavy atom. The molecule has 1 N–H and O–H groups in total. The molecule has 0 saturated heterocycles. The van der Waals surface area contributed by atoms with Crippen molar-refractivity contribution in [3.8, 4) is 0 Å². The van der Waals surface area contributed by atoms with Crippen molar-refractivity contribution in [1.82, 2.24) is 5.32 Å². The second kappa shape index (κ2) is 3.91. The van der Waals surface area contributed by atoms with E-state index in [0.29, 0.717) is 0 Å². The molecule has 1 aromatic rings. The summed E-state index contributed by atoms with van der Waals surface area (Å²) >= 11 is 1.89. The van der Waals surface area contributed by atoms with Crippen molar-refractivity contribution in [2.24, 2.45) is 11.8 Å². The average molecular weight is 221 g/mol. The summed E-state index contributed by atoms with van der Waals surface area (Å²) in [5, 5.41) is 6.00. The molecule has 15 heavy (non-hydrogen) atoms. The first kappa shape index (κ1) is 9.86. The van der Waals surface area contributed by atoms with E-state index in [1.54, 1.807) is 0 Å². The second-order valence-corrected chi connectivity index (χ2v) is 6.11. The van der Waals surface area contributed by atoms with Crippen molar-refractivity contribution >= 4 is 11.3 Å². The Morgan fingerprint density at radius 1 is 1.33 bits per heavy atom. The maximum absolute atomic E-state index is 3.80. The molecule has 0 aliphatic heterocycles. The maximum atomic E-state index is 3.80. The van der Waals surface area contributed by atoms with Crippen LogP contribution < -0.4 is 5.32 Å². The zero-order valence-corrected chi connectivity index (χ0v) is 10.1. The molecule has 2 aliphatic rings. The molecule has 0 spiro atoms. The van der Waals surface area contributed by atoms with Crippen LogP contribution in [0.4, 0.5) is 0 Å². The van der Waals surface area contributed by atoms with Gasteiger partial charge in [0.15, 0.2) is 0 Å². The Balaban J connectivity index is 1.57. The van der Waals surface area contributed by atoms with E-state index in [2.05, 4.69) is 23.7 Å². The molecule has 2 aliphatic carbocycles. The minimum absolute atomic E-state index is 0.839. The third-order valence-electron chi connectivity index (χ3n) is 3.73. The summed E-state index contributed by atoms with van der Waals surface area (Å²) in [6.45, 7) is 3.32. The third-order valence-corrected chi connectivity index (χ3v) is 4.75. The summed E-state index contributed by atoms with van der Waals surface area (Å²) in [7, 11) is 0. The van der Waals surface area contributed by atoms with Gasteiger partial charge < -0.3 is 5.32 Å². The summed E-state index contributed by atoms with van der Waals surface area (Å²) in [4.78, 5) is 1.53. The normalized spacial score (nSPS) is 21.2. The van der Waals surface area contributed by atoms with Crippen LogP contribution in [0.25, 0.3) is 0 Å². The van der Waals surface area contributed by atoms with Crippen LogP contribution in [0.3, 0.4) is 0 Å². The molecule has 0 bridgehead atoms. The zero-order valence-electron chi connectivity index (χ0n) is 9.33. The van der Waals surface area contributed by atoms with Crippen molar-refractivity contribution in [2.45, 2.75) is 45.2 Å². The first-order valence-electron chi connectivity index (χ1n) is 6.11. The van der Waals surface area contributed by atoms with Crippen LogP contribution in [0.5, 0.6) is 0 Å². The van der Waals surface area contributed by atoms with Gasteiger partial charge in [0.05, 0.1) is 0 Å². The molecule has 0 radical (unpaired) electrons. The Morgan fingerprint density at radius 2 is 2.00 bits per heavy atom. The van der Waals surface area contributed by atoms with Crippen molar-refractivity contribution < 1.29 is 0 Å². The Labute approximate surface area is 95.9 Å². The quantitative estimate of drug-likeness (QED) is 0.804. The van der Waals surface area contributed by atoms with Gasteiger partial charge in [0.2, 0.25) is 0 Å². The molecule has 3 rings (SSSR count). The summed E-state index contributed by atoms with van der Waals surface area (Å²) in [6, 6.07) is 3.07. The van der Waals surface area contributed by atoms with Gasteiger partial charge in [-0.05, 0) is 61.5 Å². The standard InChI is InChI=1S/C13H19NS/c1-9-6-7-15-12(9)8-14-13(10-2-3-10)11-4-5-11/h6-7,10-11,13-14H,2-5,8H2,1H3. The molecule has 2 fully saturated rings. The topological polar surface area (TPSA) is 12.0 Å². The Hall–Kier alpha value is -0.340. The molecule has 0 amide bonds. The van der Waals surface area contributed by atoms with Crippen LogP contribution in [-0.2, 0) is 6.54 Å². The summed E-state index contributed by atoms with van der Waals surface area (Å²) in [6.07, 6.45) is 5.88. The minimum atomic E-state index is 0.839. The lowest BCUT2D eigenvalue weighted by molar-refractivity contribution is 0.417. The second-order valence-electron chi connectivity index (χ2n) is 5.11. The van der Waals surface area contributed by atoms with Gasteiger partial charge in [-0.1, -0.05) is 0 Å². The van der Waals surface area contributed by atoms with Gasteiger partial charge in [0, 0.05) is 17.5 Å². The summed E-state index contributed by atoms with van der Waals surface area (Å²) < 4.78 is 0. The van der Waals surface area contributed by atoms with E-state index >= 15 is 0 Å². The van der Waals surface area contributed by atoms with Gasteiger partial charge in [-0.15, -0.1) is 11.3 Å². The largest absolute Gasteiger partial charge is 0.309 e. The smallest absolute Gasteiger partial charge is 0.0305 e. The zero-order chi connectivity index (χ0) is 10.3. The highest BCUT2D eigenvalue weighted by molar-refractivity contribution is 7.10. The number of nitrogens with one attached hydrogen (secondary N) is 1. The van der Waals surface area contributed by atoms with Crippen LogP contribution in [0, 0.1) is 18.8 Å². The highest BCUT2D eigenvalue weighted by Gasteiger charge is 2.40. The molecule has 0 aromatic carbocycles. The molecule has 0 unspecified atom stereocenters. The molecular formula is C13H19NS. The number of aryl methyl sites for hydroxylation is 1. The van der Waals surface area contributed by atoms with Crippen molar-refractivity contribution in [3.63, 3.8) is 0 Å². The molecule has 1 aromatic heterocycles. The Kier molecular flexibility index (Phi) is 2.57. The maximum Gasteiger partial charge on any atom is 0.0305 e. The fraction of sp³-hybridized carbons (Fsp3) is 0.692. The van der Waals surface area contributed by atoms with Crippen molar-refractivity contribution in [1.29, 1.82) is 0 Å². The lowest BCUT2D eigenvalue weighted by atomic mass is 10.1. The van der Waals surface area contributed by atoms with Gasteiger partial charge >= 0.3 is 0 Å². The van der Waals surface area contributed by atoms with E-state index in [0.717, 1.165) is 24.4 Å². The van der Waals surface area contributed by atoms with E-state index in [4.69, 9.17) is 0 Å². The first-order chi connectivity index (χ1) is 7.34. The molecule has 1 nitrogen and oxygen atoms in total. The monoisotopic (exact) mass is 221 g/mol. The average Bonchev–Trinajstić information content (AvgIpc) is 3.11. The van der Waals surface area contributed by atoms with E-state index < -0.39 is 0 Å². The predicted octanol–water partition coefficient (Wildman–Crippen LogP) is 3.33. The lowest BCUT2D eigenvalue weighted by Gasteiger charge is -2.17. The van der Waals surface area contributed by atoms with Crippen molar-refractivity contribution in [2.75, 3.05) is 0 Å².